The van der Waals surface area contributed by atoms with E-state index >= 15 is 0 Å². The Morgan fingerprint density at radius 3 is 2.83 bits per heavy atom. The Hall–Kier alpha value is -3.26. The highest BCUT2D eigenvalue weighted by Crippen LogP contribution is 2.24. The van der Waals surface area contributed by atoms with E-state index < -0.39 is 11.5 Å². The van der Waals surface area contributed by atoms with Crippen LogP contribution in [0.5, 0.6) is 0 Å². The number of nitrogens with one attached hydrogen (secondary N) is 3. The predicted molar refractivity (Wildman–Crippen MR) is 108 cm³/mol. The first-order valence-electron chi connectivity index (χ1n) is 9.64. The highest BCUT2D eigenvalue weighted by Gasteiger charge is 2.23. The molecule has 2 aliphatic rings. The fourth-order valence-electron chi connectivity index (χ4n) is 3.70. The smallest absolute Gasteiger partial charge is 0.349 e. The van der Waals surface area contributed by atoms with Crippen LogP contribution < -0.4 is 21.7 Å². The number of amides is 2. The second-order valence-corrected chi connectivity index (χ2v) is 7.34. The summed E-state index contributed by atoms with van der Waals surface area (Å²) in [4.78, 5) is 36.6. The first-order valence-corrected chi connectivity index (χ1v) is 9.64. The molecular formula is C21H22N4O4. The number of benzene rings is 1. The first kappa shape index (κ1) is 19.1. The van der Waals surface area contributed by atoms with Crippen LogP contribution in [0.1, 0.15) is 52.4 Å². The van der Waals surface area contributed by atoms with Crippen molar-refractivity contribution in [2.45, 2.75) is 32.1 Å². The van der Waals surface area contributed by atoms with Crippen LogP contribution in [0.4, 0.5) is 5.69 Å². The largest absolute Gasteiger partial charge is 0.427 e. The molecule has 3 heterocycles. The van der Waals surface area contributed by atoms with Gasteiger partial charge in [-0.25, -0.2) is 10.2 Å². The van der Waals surface area contributed by atoms with Crippen LogP contribution in [0.25, 0.3) is 0 Å². The minimum Gasteiger partial charge on any atom is -0.427 e. The van der Waals surface area contributed by atoms with E-state index in [1.165, 1.54) is 0 Å². The third kappa shape index (κ3) is 4.12. The zero-order valence-corrected chi connectivity index (χ0v) is 16.1. The summed E-state index contributed by atoms with van der Waals surface area (Å²) in [7, 11) is 0. The number of carbonyl (C=O) groups is 2. The molecule has 1 atom stereocenters. The standard InChI is InChI=1S/C21H22N4O4/c1-12-8-17(14-5-3-7-22-11-14)29-21(28)19(12)20(27)23-15-6-2-4-13(9-15)16-10-18(26)25-24-16/h2,4,6,8-9,14,22H,3,5,7,10-11H2,1H3,(H,23,27)(H,25,26). The zero-order valence-electron chi connectivity index (χ0n) is 16.1. The van der Waals surface area contributed by atoms with Crippen molar-refractivity contribution in [3.05, 3.63) is 63.2 Å². The average molecular weight is 394 g/mol. The van der Waals surface area contributed by atoms with E-state index in [1.54, 1.807) is 37.3 Å². The number of piperidine rings is 1. The molecule has 4 rings (SSSR count). The lowest BCUT2D eigenvalue weighted by molar-refractivity contribution is -0.119. The van der Waals surface area contributed by atoms with Gasteiger partial charge in [0.05, 0.1) is 12.1 Å². The molecule has 0 aliphatic carbocycles. The van der Waals surface area contributed by atoms with Crippen LogP contribution in [-0.4, -0.2) is 30.6 Å². The van der Waals surface area contributed by atoms with Gasteiger partial charge in [0.25, 0.3) is 5.91 Å². The highest BCUT2D eigenvalue weighted by molar-refractivity contribution is 6.14. The Labute approximate surface area is 167 Å². The van der Waals surface area contributed by atoms with Crippen LogP contribution >= 0.6 is 0 Å². The number of hydrogen-bond donors (Lipinski definition) is 3. The monoisotopic (exact) mass is 394 g/mol. The number of hydrogen-bond acceptors (Lipinski definition) is 6. The molecular weight excluding hydrogens is 372 g/mol. The van der Waals surface area contributed by atoms with Crippen LogP contribution in [-0.2, 0) is 4.79 Å². The van der Waals surface area contributed by atoms with Crippen molar-refractivity contribution >= 4 is 23.2 Å². The lowest BCUT2D eigenvalue weighted by Gasteiger charge is -2.22. The first-order chi connectivity index (χ1) is 14.0. The molecule has 1 aromatic heterocycles. The van der Waals surface area contributed by atoms with Gasteiger partial charge in [0.1, 0.15) is 11.3 Å². The van der Waals surface area contributed by atoms with Crippen LogP contribution in [0.3, 0.4) is 0 Å². The van der Waals surface area contributed by atoms with Gasteiger partial charge < -0.3 is 15.1 Å². The molecule has 1 aromatic carbocycles. The lowest BCUT2D eigenvalue weighted by Crippen LogP contribution is -2.30. The lowest BCUT2D eigenvalue weighted by atomic mass is 9.95. The maximum Gasteiger partial charge on any atom is 0.349 e. The van der Waals surface area contributed by atoms with Gasteiger partial charge in [-0.2, -0.15) is 5.10 Å². The SMILES string of the molecule is Cc1cc(C2CCCNC2)oc(=O)c1C(=O)Nc1cccc(C2=NNC(=O)C2)c1. The van der Waals surface area contributed by atoms with Gasteiger partial charge in [-0.1, -0.05) is 12.1 Å². The van der Waals surface area contributed by atoms with Crippen molar-refractivity contribution in [1.29, 1.82) is 0 Å². The summed E-state index contributed by atoms with van der Waals surface area (Å²) in [5.41, 5.74) is 4.20. The van der Waals surface area contributed by atoms with Crippen molar-refractivity contribution in [3.63, 3.8) is 0 Å². The molecule has 2 aromatic rings. The van der Waals surface area contributed by atoms with E-state index in [4.69, 9.17) is 4.42 Å². The van der Waals surface area contributed by atoms with Gasteiger partial charge in [-0.05, 0) is 50.1 Å². The summed E-state index contributed by atoms with van der Waals surface area (Å²) in [5, 5.41) is 10.0. The van der Waals surface area contributed by atoms with Crippen molar-refractivity contribution in [2.75, 3.05) is 18.4 Å². The molecule has 3 N–H and O–H groups in total. The molecule has 1 saturated heterocycles. The Kier molecular flexibility index (Phi) is 5.26. The molecule has 1 fully saturated rings. The number of rotatable bonds is 4. The van der Waals surface area contributed by atoms with E-state index in [-0.39, 0.29) is 23.8 Å². The molecule has 1 unspecified atom stereocenters. The molecule has 0 bridgehead atoms. The van der Waals surface area contributed by atoms with Gasteiger partial charge in [0.2, 0.25) is 5.91 Å². The van der Waals surface area contributed by atoms with Crippen molar-refractivity contribution < 1.29 is 14.0 Å². The number of carbonyl (C=O) groups excluding carboxylic acids is 2. The molecule has 0 spiro atoms. The molecule has 0 saturated carbocycles. The maximum atomic E-state index is 12.7. The minimum atomic E-state index is -0.630. The summed E-state index contributed by atoms with van der Waals surface area (Å²) in [6.45, 7) is 3.48. The van der Waals surface area contributed by atoms with Gasteiger partial charge >= 0.3 is 5.63 Å². The number of aryl methyl sites for hydroxylation is 1. The normalized spacial score (nSPS) is 18.9. The van der Waals surface area contributed by atoms with E-state index in [0.29, 0.717) is 22.7 Å². The van der Waals surface area contributed by atoms with E-state index in [1.807, 2.05) is 0 Å². The third-order valence-corrected chi connectivity index (χ3v) is 5.19. The number of nitrogens with zero attached hydrogens (tertiary/aromatic N) is 1. The quantitative estimate of drug-likeness (QED) is 0.733. The van der Waals surface area contributed by atoms with E-state index in [0.717, 1.165) is 31.5 Å². The van der Waals surface area contributed by atoms with Crippen molar-refractivity contribution in [1.82, 2.24) is 10.7 Å². The molecule has 2 amide bonds. The van der Waals surface area contributed by atoms with Crippen LogP contribution in [0.15, 0.2) is 44.6 Å². The molecule has 150 valence electrons. The van der Waals surface area contributed by atoms with E-state index in [2.05, 4.69) is 21.2 Å². The number of anilines is 1. The third-order valence-electron chi connectivity index (χ3n) is 5.19. The summed E-state index contributed by atoms with van der Waals surface area (Å²) >= 11 is 0. The Morgan fingerprint density at radius 1 is 1.28 bits per heavy atom. The van der Waals surface area contributed by atoms with Crippen LogP contribution in [0, 0.1) is 6.92 Å². The predicted octanol–water partition coefficient (Wildman–Crippen LogP) is 1.89. The van der Waals surface area contributed by atoms with Gasteiger partial charge in [0.15, 0.2) is 0 Å². The van der Waals surface area contributed by atoms with Gasteiger partial charge in [-0.3, -0.25) is 9.59 Å². The van der Waals surface area contributed by atoms with Crippen molar-refractivity contribution in [3.8, 4) is 0 Å². The molecule has 2 aliphatic heterocycles. The fraction of sp³-hybridized carbons (Fsp3) is 0.333. The summed E-state index contributed by atoms with van der Waals surface area (Å²) < 4.78 is 5.48. The zero-order chi connectivity index (χ0) is 20.4. The maximum absolute atomic E-state index is 12.7. The summed E-state index contributed by atoms with van der Waals surface area (Å²) in [6, 6.07) is 8.78. The average Bonchev–Trinajstić information content (AvgIpc) is 3.15. The summed E-state index contributed by atoms with van der Waals surface area (Å²) in [6.07, 6.45) is 2.17. The second kappa shape index (κ2) is 8.00. The Bertz CT molecular complexity index is 1050. The van der Waals surface area contributed by atoms with E-state index in [9.17, 15) is 14.4 Å². The molecule has 0 radical (unpaired) electrons. The van der Waals surface area contributed by atoms with Crippen molar-refractivity contribution in [2.24, 2.45) is 5.10 Å². The Balaban J connectivity index is 1.54. The second-order valence-electron chi connectivity index (χ2n) is 7.34. The highest BCUT2D eigenvalue weighted by atomic mass is 16.4. The number of hydrazone groups is 1. The molecule has 8 heteroatoms. The summed E-state index contributed by atoms with van der Waals surface area (Å²) in [5.74, 6) is 0.0716. The molecule has 8 nitrogen and oxygen atoms in total. The fourth-order valence-corrected chi connectivity index (χ4v) is 3.70. The topological polar surface area (TPSA) is 113 Å². The molecule has 29 heavy (non-hydrogen) atoms. The minimum absolute atomic E-state index is 0.00188. The van der Waals surface area contributed by atoms with Gasteiger partial charge in [0, 0.05) is 23.7 Å². The Morgan fingerprint density at radius 2 is 2.14 bits per heavy atom. The van der Waals surface area contributed by atoms with Gasteiger partial charge in [-0.15, -0.1) is 0 Å². The van der Waals surface area contributed by atoms with Crippen LogP contribution in [0.2, 0.25) is 0 Å².